The molecule has 2 N–H and O–H groups in total. The minimum Gasteiger partial charge on any atom is -0.388 e. The standard InChI is InChI=1S/C22H34N4O3/c1-4-5-17-14-23-15(2)24-18(17)26-11-8-22(9-12-26)20(28)21(3,10-13-29-22)25-19(27)16-6-7-16/h14,16,20,28H,4-13H2,1-3H3,(H,25,27)/t20-,21+/m1/s1. The molecule has 160 valence electrons. The zero-order valence-corrected chi connectivity index (χ0v) is 17.9. The second-order valence-electron chi connectivity index (χ2n) is 9.25. The number of aryl methyl sites for hydroxylation is 2. The smallest absolute Gasteiger partial charge is 0.223 e. The molecule has 1 spiro atoms. The second kappa shape index (κ2) is 7.84. The van der Waals surface area contributed by atoms with Crippen LogP contribution < -0.4 is 10.2 Å². The molecule has 2 atom stereocenters. The second-order valence-corrected chi connectivity index (χ2v) is 9.25. The van der Waals surface area contributed by atoms with Gasteiger partial charge < -0.3 is 20.1 Å². The van der Waals surface area contributed by atoms with E-state index in [1.54, 1.807) is 0 Å². The number of aromatic nitrogens is 2. The molecule has 0 radical (unpaired) electrons. The Morgan fingerprint density at radius 2 is 2.07 bits per heavy atom. The molecule has 3 aliphatic rings. The van der Waals surface area contributed by atoms with Crippen molar-refractivity contribution in [2.75, 3.05) is 24.6 Å². The molecule has 7 heteroatoms. The number of hydrogen-bond acceptors (Lipinski definition) is 6. The van der Waals surface area contributed by atoms with Gasteiger partial charge in [0.1, 0.15) is 17.7 Å². The van der Waals surface area contributed by atoms with Gasteiger partial charge in [-0.1, -0.05) is 13.3 Å². The van der Waals surface area contributed by atoms with E-state index < -0.39 is 17.2 Å². The molecule has 1 saturated carbocycles. The number of rotatable bonds is 5. The molecule has 2 saturated heterocycles. The molecule has 1 aromatic heterocycles. The van der Waals surface area contributed by atoms with Gasteiger partial charge in [-0.15, -0.1) is 0 Å². The van der Waals surface area contributed by atoms with Crippen LogP contribution >= 0.6 is 0 Å². The summed E-state index contributed by atoms with van der Waals surface area (Å²) in [4.78, 5) is 23.8. The summed E-state index contributed by atoms with van der Waals surface area (Å²) < 4.78 is 6.20. The largest absolute Gasteiger partial charge is 0.388 e. The van der Waals surface area contributed by atoms with E-state index in [2.05, 4.69) is 22.1 Å². The van der Waals surface area contributed by atoms with Crippen molar-refractivity contribution >= 4 is 11.7 Å². The molecule has 1 aliphatic carbocycles. The predicted octanol–water partition coefficient (Wildman–Crippen LogP) is 2.14. The number of nitrogens with one attached hydrogen (secondary N) is 1. The lowest BCUT2D eigenvalue weighted by atomic mass is 9.73. The molecule has 1 aromatic rings. The maximum absolute atomic E-state index is 12.4. The lowest BCUT2D eigenvalue weighted by Gasteiger charge is -2.53. The molecular weight excluding hydrogens is 368 g/mol. The number of ether oxygens (including phenoxy) is 1. The minimum absolute atomic E-state index is 0.0849. The van der Waals surface area contributed by atoms with E-state index >= 15 is 0 Å². The lowest BCUT2D eigenvalue weighted by molar-refractivity contribution is -0.198. The van der Waals surface area contributed by atoms with Crippen LogP contribution in [0.3, 0.4) is 0 Å². The van der Waals surface area contributed by atoms with Crippen molar-refractivity contribution in [3.63, 3.8) is 0 Å². The number of carbonyl (C=O) groups excluding carboxylic acids is 1. The van der Waals surface area contributed by atoms with E-state index in [0.29, 0.717) is 13.0 Å². The van der Waals surface area contributed by atoms with Crippen molar-refractivity contribution in [1.29, 1.82) is 0 Å². The zero-order chi connectivity index (χ0) is 20.6. The highest BCUT2D eigenvalue weighted by atomic mass is 16.5. The van der Waals surface area contributed by atoms with Crippen molar-refractivity contribution in [3.05, 3.63) is 17.6 Å². The van der Waals surface area contributed by atoms with Crippen LogP contribution in [0.4, 0.5) is 5.82 Å². The minimum atomic E-state index is -0.712. The molecule has 1 amide bonds. The van der Waals surface area contributed by atoms with Crippen LogP contribution in [0.2, 0.25) is 0 Å². The van der Waals surface area contributed by atoms with Gasteiger partial charge in [0.15, 0.2) is 0 Å². The third kappa shape index (κ3) is 3.99. The number of aliphatic hydroxyl groups excluding tert-OH is 1. The van der Waals surface area contributed by atoms with Gasteiger partial charge in [0.05, 0.1) is 11.1 Å². The maximum atomic E-state index is 12.4. The molecule has 0 unspecified atom stereocenters. The summed E-state index contributed by atoms with van der Waals surface area (Å²) in [5.74, 6) is 2.02. The van der Waals surface area contributed by atoms with Crippen LogP contribution in [0, 0.1) is 12.8 Å². The van der Waals surface area contributed by atoms with Gasteiger partial charge in [-0.2, -0.15) is 0 Å². The van der Waals surface area contributed by atoms with Crippen LogP contribution in [0.5, 0.6) is 0 Å². The van der Waals surface area contributed by atoms with Crippen LogP contribution in [-0.2, 0) is 16.0 Å². The van der Waals surface area contributed by atoms with Gasteiger partial charge in [0.25, 0.3) is 0 Å². The molecule has 0 aromatic carbocycles. The summed E-state index contributed by atoms with van der Waals surface area (Å²) in [5, 5.41) is 14.5. The van der Waals surface area contributed by atoms with Gasteiger partial charge >= 0.3 is 0 Å². The van der Waals surface area contributed by atoms with Gasteiger partial charge in [0, 0.05) is 37.4 Å². The van der Waals surface area contributed by atoms with Crippen LogP contribution in [0.25, 0.3) is 0 Å². The highest BCUT2D eigenvalue weighted by molar-refractivity contribution is 5.81. The van der Waals surface area contributed by atoms with E-state index in [9.17, 15) is 9.90 Å². The predicted molar refractivity (Wildman–Crippen MR) is 111 cm³/mol. The lowest BCUT2D eigenvalue weighted by Crippen LogP contribution is -2.69. The molecule has 3 heterocycles. The normalized spacial score (nSPS) is 29.1. The molecular formula is C22H34N4O3. The maximum Gasteiger partial charge on any atom is 0.223 e. The molecule has 29 heavy (non-hydrogen) atoms. The fraction of sp³-hybridized carbons (Fsp3) is 0.773. The highest BCUT2D eigenvalue weighted by Gasteiger charge is 2.54. The molecule has 4 rings (SSSR count). The first-order valence-corrected chi connectivity index (χ1v) is 11.1. The first-order chi connectivity index (χ1) is 13.9. The van der Waals surface area contributed by atoms with Crippen molar-refractivity contribution in [1.82, 2.24) is 15.3 Å². The van der Waals surface area contributed by atoms with E-state index in [4.69, 9.17) is 9.72 Å². The fourth-order valence-corrected chi connectivity index (χ4v) is 4.84. The quantitative estimate of drug-likeness (QED) is 0.785. The van der Waals surface area contributed by atoms with E-state index in [0.717, 1.165) is 63.3 Å². The number of carbonyl (C=O) groups is 1. The number of amides is 1. The first-order valence-electron chi connectivity index (χ1n) is 11.1. The Balaban J connectivity index is 1.48. The Labute approximate surface area is 173 Å². The van der Waals surface area contributed by atoms with Crippen molar-refractivity contribution in [3.8, 4) is 0 Å². The fourth-order valence-electron chi connectivity index (χ4n) is 4.84. The van der Waals surface area contributed by atoms with E-state index in [-0.39, 0.29) is 11.8 Å². The van der Waals surface area contributed by atoms with E-state index in [1.165, 1.54) is 5.56 Å². The number of nitrogens with zero attached hydrogens (tertiary/aromatic N) is 3. The van der Waals surface area contributed by atoms with Crippen molar-refractivity contribution in [2.24, 2.45) is 5.92 Å². The summed E-state index contributed by atoms with van der Waals surface area (Å²) in [6.45, 7) is 8.17. The number of anilines is 1. The summed E-state index contributed by atoms with van der Waals surface area (Å²) in [5.41, 5.74) is -0.0487. The Kier molecular flexibility index (Phi) is 5.55. The van der Waals surface area contributed by atoms with Crippen molar-refractivity contribution in [2.45, 2.75) is 83.0 Å². The third-order valence-corrected chi connectivity index (χ3v) is 6.86. The summed E-state index contributed by atoms with van der Waals surface area (Å²) in [7, 11) is 0. The summed E-state index contributed by atoms with van der Waals surface area (Å²) in [6, 6.07) is 0. The molecule has 0 bridgehead atoms. The first kappa shape index (κ1) is 20.5. The van der Waals surface area contributed by atoms with Gasteiger partial charge in [0.2, 0.25) is 5.91 Å². The summed E-state index contributed by atoms with van der Waals surface area (Å²) in [6.07, 6.45) is 7.26. The summed E-state index contributed by atoms with van der Waals surface area (Å²) >= 11 is 0. The highest BCUT2D eigenvalue weighted by Crippen LogP contribution is 2.41. The van der Waals surface area contributed by atoms with Crippen molar-refractivity contribution < 1.29 is 14.6 Å². The third-order valence-electron chi connectivity index (χ3n) is 6.86. The van der Waals surface area contributed by atoms with Crippen LogP contribution in [0.1, 0.15) is 63.8 Å². The Morgan fingerprint density at radius 1 is 1.34 bits per heavy atom. The molecule has 7 nitrogen and oxygen atoms in total. The van der Waals surface area contributed by atoms with Crippen LogP contribution in [-0.4, -0.2) is 57.9 Å². The Hall–Kier alpha value is -1.73. The van der Waals surface area contributed by atoms with Gasteiger partial charge in [-0.25, -0.2) is 9.97 Å². The van der Waals surface area contributed by atoms with E-state index in [1.807, 2.05) is 20.0 Å². The number of aliphatic hydroxyl groups is 1. The van der Waals surface area contributed by atoms with Gasteiger partial charge in [-0.05, 0) is 52.4 Å². The van der Waals surface area contributed by atoms with Crippen LogP contribution in [0.15, 0.2) is 6.20 Å². The average Bonchev–Trinajstić information content (AvgIpc) is 3.54. The SMILES string of the molecule is CCCc1cnc(C)nc1N1CCC2(CC1)OCC[C@](C)(NC(=O)C1CC1)[C@H]2O. The number of piperidine rings is 1. The Bertz CT molecular complexity index is 758. The molecule has 3 fully saturated rings. The monoisotopic (exact) mass is 402 g/mol. The Morgan fingerprint density at radius 3 is 2.72 bits per heavy atom. The topological polar surface area (TPSA) is 87.6 Å². The number of hydrogen-bond donors (Lipinski definition) is 2. The van der Waals surface area contributed by atoms with Gasteiger partial charge in [-0.3, -0.25) is 4.79 Å². The molecule has 2 aliphatic heterocycles. The average molecular weight is 403 g/mol. The zero-order valence-electron chi connectivity index (χ0n) is 17.9.